The van der Waals surface area contributed by atoms with E-state index in [-0.39, 0.29) is 17.6 Å². The number of likely N-dealkylation sites (tertiary alicyclic amines) is 1. The molecule has 1 unspecified atom stereocenters. The van der Waals surface area contributed by atoms with Crippen molar-refractivity contribution in [1.82, 2.24) is 9.88 Å². The molecule has 2 aromatic carbocycles. The highest BCUT2D eigenvalue weighted by Crippen LogP contribution is 2.23. The van der Waals surface area contributed by atoms with E-state index in [9.17, 15) is 9.59 Å². The first-order valence-corrected chi connectivity index (χ1v) is 9.49. The van der Waals surface area contributed by atoms with Gasteiger partial charge in [0.25, 0.3) is 5.56 Å². The summed E-state index contributed by atoms with van der Waals surface area (Å²) in [6.07, 6.45) is 3.17. The number of carbonyl (C=O) groups is 1. The highest BCUT2D eigenvalue weighted by atomic mass is 16.5. The molecule has 6 heteroatoms. The van der Waals surface area contributed by atoms with Gasteiger partial charge >= 0.3 is 0 Å². The third kappa shape index (κ3) is 3.77. The van der Waals surface area contributed by atoms with Gasteiger partial charge < -0.3 is 20.4 Å². The van der Waals surface area contributed by atoms with Crippen molar-refractivity contribution in [3.63, 3.8) is 0 Å². The van der Waals surface area contributed by atoms with Crippen LogP contribution < -0.4 is 16.0 Å². The summed E-state index contributed by atoms with van der Waals surface area (Å²) < 4.78 is 6.09. The van der Waals surface area contributed by atoms with Crippen molar-refractivity contribution in [3.05, 3.63) is 76.7 Å². The first-order chi connectivity index (χ1) is 13.6. The summed E-state index contributed by atoms with van der Waals surface area (Å²) in [5.41, 5.74) is 6.87. The van der Waals surface area contributed by atoms with Gasteiger partial charge in [-0.05, 0) is 35.2 Å². The largest absolute Gasteiger partial charge is 0.490 e. The van der Waals surface area contributed by atoms with Crippen LogP contribution in [0.25, 0.3) is 10.8 Å². The quantitative estimate of drug-likeness (QED) is 0.731. The summed E-state index contributed by atoms with van der Waals surface area (Å²) >= 11 is 0. The van der Waals surface area contributed by atoms with Gasteiger partial charge in [0.1, 0.15) is 17.9 Å². The highest BCUT2D eigenvalue weighted by molar-refractivity contribution is 5.83. The smallest absolute Gasteiger partial charge is 0.255 e. The minimum atomic E-state index is -0.628. The van der Waals surface area contributed by atoms with E-state index in [0.717, 1.165) is 29.5 Å². The molecule has 1 aliphatic heterocycles. The molecule has 1 atom stereocenters. The van der Waals surface area contributed by atoms with Crippen LogP contribution in [0.3, 0.4) is 0 Å². The van der Waals surface area contributed by atoms with Crippen LogP contribution in [0.1, 0.15) is 24.4 Å². The van der Waals surface area contributed by atoms with Crippen LogP contribution in [0.5, 0.6) is 5.75 Å². The minimum absolute atomic E-state index is 0.0384. The average molecular weight is 377 g/mol. The molecule has 1 aliphatic rings. The Morgan fingerprint density at radius 3 is 2.61 bits per heavy atom. The molecular formula is C22H23N3O3. The molecule has 28 heavy (non-hydrogen) atoms. The Labute approximate surface area is 162 Å². The zero-order valence-electron chi connectivity index (χ0n) is 15.5. The van der Waals surface area contributed by atoms with Crippen molar-refractivity contribution in [3.8, 4) is 5.75 Å². The molecule has 3 aromatic rings. The van der Waals surface area contributed by atoms with Gasteiger partial charge in [-0.1, -0.05) is 30.3 Å². The number of fused-ring (bicyclic) bond motifs is 1. The Kier molecular flexibility index (Phi) is 5.12. The van der Waals surface area contributed by atoms with Crippen LogP contribution in [0.2, 0.25) is 0 Å². The fourth-order valence-corrected chi connectivity index (χ4v) is 3.63. The zero-order chi connectivity index (χ0) is 19.5. The number of amides is 1. The van der Waals surface area contributed by atoms with Crippen LogP contribution in [0.15, 0.2) is 65.6 Å². The number of aromatic nitrogens is 1. The molecule has 0 saturated carbocycles. The Morgan fingerprint density at radius 1 is 1.11 bits per heavy atom. The number of pyridine rings is 1. The number of carbonyl (C=O) groups excluding carboxylic acids is 1. The topological polar surface area (TPSA) is 88.4 Å². The van der Waals surface area contributed by atoms with Gasteiger partial charge in [0.05, 0.1) is 0 Å². The van der Waals surface area contributed by atoms with E-state index in [1.165, 1.54) is 0 Å². The van der Waals surface area contributed by atoms with Crippen molar-refractivity contribution in [2.24, 2.45) is 5.73 Å². The van der Waals surface area contributed by atoms with E-state index in [0.29, 0.717) is 18.5 Å². The SMILES string of the molecule is NC(C(=O)N1CCC(Oc2ccc3c(=O)[nH]ccc3c2)CC1)c1ccccc1. The van der Waals surface area contributed by atoms with Crippen molar-refractivity contribution >= 4 is 16.7 Å². The second-order valence-corrected chi connectivity index (χ2v) is 7.09. The highest BCUT2D eigenvalue weighted by Gasteiger charge is 2.27. The maximum atomic E-state index is 12.7. The van der Waals surface area contributed by atoms with Gasteiger partial charge in [-0.3, -0.25) is 9.59 Å². The van der Waals surface area contributed by atoms with Gasteiger partial charge in [0.2, 0.25) is 5.91 Å². The molecular weight excluding hydrogens is 354 g/mol. The maximum absolute atomic E-state index is 12.7. The van der Waals surface area contributed by atoms with Crippen LogP contribution in [0.4, 0.5) is 0 Å². The van der Waals surface area contributed by atoms with Crippen molar-refractivity contribution in [2.75, 3.05) is 13.1 Å². The number of ether oxygens (including phenoxy) is 1. The molecule has 6 nitrogen and oxygen atoms in total. The summed E-state index contributed by atoms with van der Waals surface area (Å²) in [6.45, 7) is 1.24. The molecule has 1 amide bonds. The van der Waals surface area contributed by atoms with Crippen LogP contribution >= 0.6 is 0 Å². The van der Waals surface area contributed by atoms with Gasteiger partial charge in [0, 0.05) is 37.5 Å². The molecule has 4 rings (SSSR count). The second-order valence-electron chi connectivity index (χ2n) is 7.09. The summed E-state index contributed by atoms with van der Waals surface area (Å²) in [7, 11) is 0. The first-order valence-electron chi connectivity index (χ1n) is 9.49. The molecule has 1 saturated heterocycles. The number of hydrogen-bond donors (Lipinski definition) is 2. The molecule has 144 valence electrons. The predicted molar refractivity (Wildman–Crippen MR) is 108 cm³/mol. The number of nitrogens with zero attached hydrogens (tertiary/aromatic N) is 1. The molecule has 0 bridgehead atoms. The maximum Gasteiger partial charge on any atom is 0.255 e. The van der Waals surface area contributed by atoms with Crippen molar-refractivity contribution in [1.29, 1.82) is 0 Å². The Balaban J connectivity index is 1.36. The Morgan fingerprint density at radius 2 is 1.86 bits per heavy atom. The number of nitrogens with two attached hydrogens (primary N) is 1. The van der Waals surface area contributed by atoms with Crippen LogP contribution in [-0.2, 0) is 4.79 Å². The summed E-state index contributed by atoms with van der Waals surface area (Å²) in [4.78, 5) is 28.9. The van der Waals surface area contributed by atoms with Crippen molar-refractivity contribution < 1.29 is 9.53 Å². The van der Waals surface area contributed by atoms with E-state index >= 15 is 0 Å². The number of nitrogens with one attached hydrogen (secondary N) is 1. The second kappa shape index (κ2) is 7.86. The monoisotopic (exact) mass is 377 g/mol. The molecule has 0 spiro atoms. The van der Waals surface area contributed by atoms with Gasteiger partial charge in [0.15, 0.2) is 0 Å². The lowest BCUT2D eigenvalue weighted by Crippen LogP contribution is -2.45. The standard InChI is InChI=1S/C22H23N3O3/c23-20(15-4-2-1-3-5-15)22(27)25-12-9-17(10-13-25)28-18-6-7-19-16(14-18)8-11-24-21(19)26/h1-8,11,14,17,20H,9-10,12-13,23H2,(H,24,26). The lowest BCUT2D eigenvalue weighted by atomic mass is 10.0. The number of aromatic amines is 1. The molecule has 1 aromatic heterocycles. The van der Waals surface area contributed by atoms with Crippen LogP contribution in [-0.4, -0.2) is 35.0 Å². The third-order valence-corrected chi connectivity index (χ3v) is 5.23. The minimum Gasteiger partial charge on any atom is -0.490 e. The normalized spacial score (nSPS) is 16.1. The van der Waals surface area contributed by atoms with E-state index < -0.39 is 6.04 Å². The zero-order valence-corrected chi connectivity index (χ0v) is 15.5. The van der Waals surface area contributed by atoms with Gasteiger partial charge in [-0.25, -0.2) is 0 Å². The molecule has 0 radical (unpaired) electrons. The lowest BCUT2D eigenvalue weighted by molar-refractivity contribution is -0.134. The lowest BCUT2D eigenvalue weighted by Gasteiger charge is -2.33. The molecule has 1 fully saturated rings. The van der Waals surface area contributed by atoms with Crippen LogP contribution in [0, 0.1) is 0 Å². The molecule has 3 N–H and O–H groups in total. The number of H-pyrrole nitrogens is 1. The van der Waals surface area contributed by atoms with E-state index in [1.54, 1.807) is 12.3 Å². The fraction of sp³-hybridized carbons (Fsp3) is 0.273. The first kappa shape index (κ1) is 18.3. The third-order valence-electron chi connectivity index (χ3n) is 5.23. The summed E-state index contributed by atoms with van der Waals surface area (Å²) in [6, 6.07) is 16.2. The predicted octanol–water partition coefficient (Wildman–Crippen LogP) is 2.60. The number of rotatable bonds is 4. The number of benzene rings is 2. The van der Waals surface area contributed by atoms with Gasteiger partial charge in [-0.2, -0.15) is 0 Å². The van der Waals surface area contributed by atoms with E-state index in [1.807, 2.05) is 53.4 Å². The van der Waals surface area contributed by atoms with E-state index in [4.69, 9.17) is 10.5 Å². The molecule has 0 aliphatic carbocycles. The van der Waals surface area contributed by atoms with E-state index in [2.05, 4.69) is 4.98 Å². The Bertz CT molecular complexity index is 1020. The molecule has 2 heterocycles. The fourth-order valence-electron chi connectivity index (χ4n) is 3.63. The number of piperidine rings is 1. The summed E-state index contributed by atoms with van der Waals surface area (Å²) in [5.74, 6) is 0.693. The Hall–Kier alpha value is -3.12. The van der Waals surface area contributed by atoms with Crippen molar-refractivity contribution in [2.45, 2.75) is 25.0 Å². The summed E-state index contributed by atoms with van der Waals surface area (Å²) in [5, 5.41) is 1.49. The number of hydrogen-bond acceptors (Lipinski definition) is 4. The van der Waals surface area contributed by atoms with Gasteiger partial charge in [-0.15, -0.1) is 0 Å². The average Bonchev–Trinajstić information content (AvgIpc) is 2.74.